The number of anilines is 1. The highest BCUT2D eigenvalue weighted by Crippen LogP contribution is 2.35. The summed E-state index contributed by atoms with van der Waals surface area (Å²) in [4.78, 5) is 12.8. The lowest BCUT2D eigenvalue weighted by Crippen LogP contribution is -2.27. The van der Waals surface area contributed by atoms with Crippen molar-refractivity contribution in [1.82, 2.24) is 0 Å². The quantitative estimate of drug-likeness (QED) is 0.665. The highest BCUT2D eigenvalue weighted by molar-refractivity contribution is 5.60. The Bertz CT molecular complexity index is 335. The molecule has 2 heteroatoms. The predicted octanol–water partition coefficient (Wildman–Crippen LogP) is 2.20. The van der Waals surface area contributed by atoms with Crippen LogP contribution in [0.25, 0.3) is 0 Å². The molecule has 0 radical (unpaired) electrons. The third kappa shape index (κ3) is 1.52. The average molecular weight is 189 g/mol. The van der Waals surface area contributed by atoms with Gasteiger partial charge in [0, 0.05) is 25.7 Å². The summed E-state index contributed by atoms with van der Waals surface area (Å²) in [6.45, 7) is 1.05. The molecule has 1 atom stereocenters. The van der Waals surface area contributed by atoms with Gasteiger partial charge in [0.25, 0.3) is 0 Å². The van der Waals surface area contributed by atoms with E-state index in [0.29, 0.717) is 12.3 Å². The van der Waals surface area contributed by atoms with E-state index in [0.717, 1.165) is 19.3 Å². The third-order valence-electron chi connectivity index (χ3n) is 2.98. The summed E-state index contributed by atoms with van der Waals surface area (Å²) in [6.07, 6.45) is 2.78. The number of aldehydes is 1. The number of fused-ring (bicyclic) bond motifs is 1. The first-order valence-corrected chi connectivity index (χ1v) is 5.06. The number of carbonyl (C=O) groups excluding carboxylic acids is 1. The molecule has 0 saturated heterocycles. The Balaban J connectivity index is 2.36. The average Bonchev–Trinajstić information content (AvgIpc) is 2.23. The fourth-order valence-corrected chi connectivity index (χ4v) is 2.17. The molecule has 0 aromatic heterocycles. The molecular weight excluding hydrogens is 174 g/mol. The van der Waals surface area contributed by atoms with Crippen LogP contribution in [0, 0.1) is 0 Å². The minimum absolute atomic E-state index is 0.430. The summed E-state index contributed by atoms with van der Waals surface area (Å²) in [5.41, 5.74) is 2.61. The molecule has 1 heterocycles. The van der Waals surface area contributed by atoms with Crippen LogP contribution in [0.5, 0.6) is 0 Å². The molecule has 2 rings (SSSR count). The highest BCUT2D eigenvalue weighted by atomic mass is 16.1. The van der Waals surface area contributed by atoms with Crippen molar-refractivity contribution in [3.05, 3.63) is 29.8 Å². The predicted molar refractivity (Wildman–Crippen MR) is 57.8 cm³/mol. The Hall–Kier alpha value is -1.31. The molecule has 14 heavy (non-hydrogen) atoms. The molecule has 0 fully saturated rings. The molecule has 1 aromatic carbocycles. The van der Waals surface area contributed by atoms with E-state index < -0.39 is 0 Å². The van der Waals surface area contributed by atoms with Gasteiger partial charge in [0.05, 0.1) is 0 Å². The first kappa shape index (κ1) is 9.25. The lowest BCUT2D eigenvalue weighted by Gasteiger charge is -2.32. The van der Waals surface area contributed by atoms with Crippen LogP contribution in [0.1, 0.15) is 24.3 Å². The zero-order chi connectivity index (χ0) is 9.97. The van der Waals surface area contributed by atoms with Crippen LogP contribution in [-0.2, 0) is 4.79 Å². The second-order valence-corrected chi connectivity index (χ2v) is 3.87. The number of benzene rings is 1. The van der Waals surface area contributed by atoms with Gasteiger partial charge in [-0.1, -0.05) is 18.2 Å². The zero-order valence-electron chi connectivity index (χ0n) is 8.44. The molecule has 2 nitrogen and oxygen atoms in total. The Labute approximate surface area is 84.5 Å². The highest BCUT2D eigenvalue weighted by Gasteiger charge is 2.21. The van der Waals surface area contributed by atoms with E-state index in [-0.39, 0.29) is 0 Å². The standard InChI is InChI=1S/C12H15NO/c1-13-8-6-10(7-9-14)11-4-2-3-5-12(11)13/h2-5,9-10H,6-8H2,1H3/t10-/m0/s1. The molecular formula is C12H15NO. The summed E-state index contributed by atoms with van der Waals surface area (Å²) >= 11 is 0. The Morgan fingerprint density at radius 2 is 2.29 bits per heavy atom. The number of carbonyl (C=O) groups is 1. The lowest BCUT2D eigenvalue weighted by atomic mass is 9.88. The second kappa shape index (κ2) is 3.82. The maximum atomic E-state index is 10.6. The van der Waals surface area contributed by atoms with Crippen LogP contribution in [0.2, 0.25) is 0 Å². The van der Waals surface area contributed by atoms with Gasteiger partial charge in [-0.05, 0) is 24.0 Å². The number of para-hydroxylation sites is 1. The van der Waals surface area contributed by atoms with Crippen LogP contribution in [0.15, 0.2) is 24.3 Å². The summed E-state index contributed by atoms with van der Waals surface area (Å²) in [6, 6.07) is 8.37. The molecule has 1 aliphatic rings. The molecule has 0 aliphatic carbocycles. The fraction of sp³-hybridized carbons (Fsp3) is 0.417. The van der Waals surface area contributed by atoms with Gasteiger partial charge in [0.2, 0.25) is 0 Å². The van der Waals surface area contributed by atoms with Gasteiger partial charge in [0.1, 0.15) is 6.29 Å². The van der Waals surface area contributed by atoms with Gasteiger partial charge < -0.3 is 9.69 Å². The van der Waals surface area contributed by atoms with Gasteiger partial charge >= 0.3 is 0 Å². The summed E-state index contributed by atoms with van der Waals surface area (Å²) in [5, 5.41) is 0. The van der Waals surface area contributed by atoms with E-state index in [9.17, 15) is 4.79 Å². The Kier molecular flexibility index (Phi) is 2.53. The van der Waals surface area contributed by atoms with E-state index >= 15 is 0 Å². The molecule has 0 spiro atoms. The Morgan fingerprint density at radius 3 is 3.07 bits per heavy atom. The molecule has 74 valence electrons. The van der Waals surface area contributed by atoms with Gasteiger partial charge in [-0.3, -0.25) is 0 Å². The molecule has 0 amide bonds. The van der Waals surface area contributed by atoms with Crippen molar-refractivity contribution in [2.24, 2.45) is 0 Å². The number of rotatable bonds is 2. The topological polar surface area (TPSA) is 20.3 Å². The molecule has 1 aliphatic heterocycles. The largest absolute Gasteiger partial charge is 0.374 e. The van der Waals surface area contributed by atoms with Crippen molar-refractivity contribution in [2.45, 2.75) is 18.8 Å². The smallest absolute Gasteiger partial charge is 0.120 e. The number of hydrogen-bond acceptors (Lipinski definition) is 2. The number of nitrogens with zero attached hydrogens (tertiary/aromatic N) is 1. The van der Waals surface area contributed by atoms with Crippen molar-refractivity contribution in [3.8, 4) is 0 Å². The number of hydrogen-bond donors (Lipinski definition) is 0. The lowest BCUT2D eigenvalue weighted by molar-refractivity contribution is -0.108. The molecule has 0 unspecified atom stereocenters. The summed E-state index contributed by atoms with van der Waals surface area (Å²) in [5.74, 6) is 0.430. The van der Waals surface area contributed by atoms with E-state index in [1.54, 1.807) is 0 Å². The maximum absolute atomic E-state index is 10.6. The maximum Gasteiger partial charge on any atom is 0.120 e. The minimum atomic E-state index is 0.430. The van der Waals surface area contributed by atoms with Crippen LogP contribution in [0.4, 0.5) is 5.69 Å². The third-order valence-corrected chi connectivity index (χ3v) is 2.98. The van der Waals surface area contributed by atoms with Crippen LogP contribution in [0.3, 0.4) is 0 Å². The SMILES string of the molecule is CN1CC[C@@H](CC=O)c2ccccc21. The van der Waals surface area contributed by atoms with Crippen molar-refractivity contribution < 1.29 is 4.79 Å². The Morgan fingerprint density at radius 1 is 1.50 bits per heavy atom. The minimum Gasteiger partial charge on any atom is -0.374 e. The first-order valence-electron chi connectivity index (χ1n) is 5.06. The molecule has 0 bridgehead atoms. The van der Waals surface area contributed by atoms with Crippen LogP contribution >= 0.6 is 0 Å². The van der Waals surface area contributed by atoms with Crippen LogP contribution < -0.4 is 4.90 Å². The van der Waals surface area contributed by atoms with E-state index in [1.165, 1.54) is 11.3 Å². The zero-order valence-corrected chi connectivity index (χ0v) is 8.44. The van der Waals surface area contributed by atoms with Crippen molar-refractivity contribution in [1.29, 1.82) is 0 Å². The fourth-order valence-electron chi connectivity index (χ4n) is 2.17. The van der Waals surface area contributed by atoms with Crippen molar-refractivity contribution in [2.75, 3.05) is 18.5 Å². The van der Waals surface area contributed by atoms with E-state index in [2.05, 4.69) is 36.2 Å². The van der Waals surface area contributed by atoms with Gasteiger partial charge in [-0.25, -0.2) is 0 Å². The second-order valence-electron chi connectivity index (χ2n) is 3.87. The van der Waals surface area contributed by atoms with E-state index in [1.807, 2.05) is 0 Å². The monoisotopic (exact) mass is 189 g/mol. The van der Waals surface area contributed by atoms with Gasteiger partial charge in [-0.2, -0.15) is 0 Å². The molecule has 0 saturated carbocycles. The first-order chi connectivity index (χ1) is 6.83. The normalized spacial score (nSPS) is 20.4. The molecule has 1 aromatic rings. The molecule has 0 N–H and O–H groups in total. The van der Waals surface area contributed by atoms with Crippen LogP contribution in [-0.4, -0.2) is 19.9 Å². The summed E-state index contributed by atoms with van der Waals surface area (Å²) in [7, 11) is 2.11. The van der Waals surface area contributed by atoms with Gasteiger partial charge in [-0.15, -0.1) is 0 Å². The van der Waals surface area contributed by atoms with Gasteiger partial charge in [0.15, 0.2) is 0 Å². The van der Waals surface area contributed by atoms with E-state index in [4.69, 9.17) is 0 Å². The summed E-state index contributed by atoms with van der Waals surface area (Å²) < 4.78 is 0. The van der Waals surface area contributed by atoms with Crippen molar-refractivity contribution >= 4 is 12.0 Å². The van der Waals surface area contributed by atoms with Crippen molar-refractivity contribution in [3.63, 3.8) is 0 Å².